The fraction of sp³-hybridized carbons (Fsp3) is 0.333. The molecule has 8 heteroatoms. The first-order valence-electron chi connectivity index (χ1n) is 11.7. The van der Waals surface area contributed by atoms with Crippen molar-refractivity contribution in [3.05, 3.63) is 93.0 Å². The average Bonchev–Trinajstić information content (AvgIpc) is 3.25. The van der Waals surface area contributed by atoms with E-state index in [1.807, 2.05) is 31.2 Å². The third-order valence-corrected chi connectivity index (χ3v) is 9.52. The number of anilines is 1. The van der Waals surface area contributed by atoms with Crippen LogP contribution in [0.1, 0.15) is 41.1 Å². The number of aryl methyl sites for hydroxylation is 2. The fourth-order valence-corrected chi connectivity index (χ4v) is 7.64. The second kappa shape index (κ2) is 10.7. The lowest BCUT2D eigenvalue weighted by molar-refractivity contribution is 0.185. The zero-order valence-corrected chi connectivity index (χ0v) is 22.7. The molecule has 1 aliphatic carbocycles. The molecule has 5 rings (SSSR count). The lowest BCUT2D eigenvalue weighted by Crippen LogP contribution is -2.38. The summed E-state index contributed by atoms with van der Waals surface area (Å²) in [6.45, 7) is 4.19. The SMILES string of the molecule is Cc1cccc(N(CCCN2CCc3cccc4c3C2CC4)S(=O)(=O)c2cc(Cl)ccc2Cl)c1.Cl. The summed E-state index contributed by atoms with van der Waals surface area (Å²) in [6.07, 6.45) is 4.04. The molecule has 1 unspecified atom stereocenters. The van der Waals surface area contributed by atoms with Gasteiger partial charge in [-0.1, -0.05) is 53.5 Å². The molecule has 1 atom stereocenters. The van der Waals surface area contributed by atoms with Crippen molar-refractivity contribution in [3.63, 3.8) is 0 Å². The van der Waals surface area contributed by atoms with Crippen molar-refractivity contribution in [2.75, 3.05) is 23.9 Å². The van der Waals surface area contributed by atoms with Gasteiger partial charge in [0.05, 0.1) is 10.7 Å². The van der Waals surface area contributed by atoms with Gasteiger partial charge in [-0.25, -0.2) is 8.42 Å². The maximum atomic E-state index is 13.8. The summed E-state index contributed by atoms with van der Waals surface area (Å²) in [4.78, 5) is 2.57. The zero-order valence-electron chi connectivity index (χ0n) is 19.6. The second-order valence-corrected chi connectivity index (χ2v) is 11.8. The van der Waals surface area contributed by atoms with Crippen LogP contribution in [-0.2, 0) is 22.9 Å². The van der Waals surface area contributed by atoms with E-state index in [4.69, 9.17) is 23.2 Å². The van der Waals surface area contributed by atoms with E-state index in [-0.39, 0.29) is 22.3 Å². The van der Waals surface area contributed by atoms with E-state index in [2.05, 4.69) is 23.1 Å². The summed E-state index contributed by atoms with van der Waals surface area (Å²) in [5, 5.41) is 0.518. The molecule has 0 bridgehead atoms. The van der Waals surface area contributed by atoms with Crippen LogP contribution >= 0.6 is 35.6 Å². The highest BCUT2D eigenvalue weighted by molar-refractivity contribution is 7.93. The summed E-state index contributed by atoms with van der Waals surface area (Å²) in [5.41, 5.74) is 6.12. The molecule has 35 heavy (non-hydrogen) atoms. The molecule has 0 saturated heterocycles. The molecule has 0 saturated carbocycles. The molecule has 0 aromatic heterocycles. The molecule has 0 N–H and O–H groups in total. The molecule has 3 aromatic rings. The van der Waals surface area contributed by atoms with Crippen LogP contribution in [0.15, 0.2) is 65.6 Å². The van der Waals surface area contributed by atoms with Gasteiger partial charge in [0.1, 0.15) is 4.90 Å². The molecule has 1 heterocycles. The van der Waals surface area contributed by atoms with Gasteiger partial charge in [0.25, 0.3) is 10.0 Å². The van der Waals surface area contributed by atoms with Gasteiger partial charge in [-0.15, -0.1) is 12.4 Å². The monoisotopic (exact) mass is 550 g/mol. The minimum absolute atomic E-state index is 0. The normalized spacial score (nSPS) is 17.1. The standard InChI is InChI=1S/C27H28Cl2N2O2S.ClH/c1-19-5-2-8-23(17-19)31(34(32,33)26-18-22(28)10-11-24(26)29)15-4-14-30-16-13-21-7-3-6-20-9-12-25(30)27(20)21;/h2-3,5-8,10-11,17-18,25H,4,9,12-16H2,1H3;1H. The number of hydrogen-bond donors (Lipinski definition) is 0. The predicted molar refractivity (Wildman–Crippen MR) is 147 cm³/mol. The molecule has 0 radical (unpaired) electrons. The lowest BCUT2D eigenvalue weighted by atomic mass is 9.93. The van der Waals surface area contributed by atoms with E-state index >= 15 is 0 Å². The van der Waals surface area contributed by atoms with Crippen LogP contribution in [0.4, 0.5) is 5.69 Å². The summed E-state index contributed by atoms with van der Waals surface area (Å²) in [7, 11) is -3.89. The second-order valence-electron chi connectivity index (χ2n) is 9.17. The Kier molecular flexibility index (Phi) is 8.04. The Morgan fingerprint density at radius 2 is 1.74 bits per heavy atom. The fourth-order valence-electron chi connectivity index (χ4n) is 5.40. The highest BCUT2D eigenvalue weighted by Gasteiger charge is 2.33. The summed E-state index contributed by atoms with van der Waals surface area (Å²) in [6, 6.07) is 19.3. The topological polar surface area (TPSA) is 40.6 Å². The molecule has 2 aliphatic rings. The highest BCUT2D eigenvalue weighted by Crippen LogP contribution is 2.41. The Morgan fingerprint density at radius 1 is 1.00 bits per heavy atom. The van der Waals surface area contributed by atoms with E-state index in [0.29, 0.717) is 23.3 Å². The van der Waals surface area contributed by atoms with E-state index in [0.717, 1.165) is 44.3 Å². The van der Waals surface area contributed by atoms with E-state index < -0.39 is 10.0 Å². The van der Waals surface area contributed by atoms with E-state index in [1.54, 1.807) is 6.07 Å². The maximum absolute atomic E-state index is 13.8. The van der Waals surface area contributed by atoms with Gasteiger partial charge in [0.2, 0.25) is 0 Å². The number of rotatable bonds is 7. The summed E-state index contributed by atoms with van der Waals surface area (Å²) < 4.78 is 29.0. The van der Waals surface area contributed by atoms with E-state index in [1.165, 1.54) is 33.1 Å². The summed E-state index contributed by atoms with van der Waals surface area (Å²) in [5.74, 6) is 0. The maximum Gasteiger partial charge on any atom is 0.265 e. The minimum atomic E-state index is -3.89. The molecule has 0 spiro atoms. The van der Waals surface area contributed by atoms with Crippen LogP contribution in [0.2, 0.25) is 10.0 Å². The van der Waals surface area contributed by atoms with Gasteiger partial charge in [-0.05, 0) is 85.2 Å². The van der Waals surface area contributed by atoms with E-state index in [9.17, 15) is 8.42 Å². The Labute approximate surface area is 224 Å². The van der Waals surface area contributed by atoms with Crippen molar-refractivity contribution in [1.29, 1.82) is 0 Å². The molecule has 186 valence electrons. The summed E-state index contributed by atoms with van der Waals surface area (Å²) >= 11 is 12.5. The van der Waals surface area contributed by atoms with Crippen LogP contribution in [0, 0.1) is 6.92 Å². The van der Waals surface area contributed by atoms with Crippen molar-refractivity contribution >= 4 is 51.3 Å². The smallest absolute Gasteiger partial charge is 0.265 e. The van der Waals surface area contributed by atoms with Crippen LogP contribution in [0.25, 0.3) is 0 Å². The number of nitrogens with zero attached hydrogens (tertiary/aromatic N) is 2. The molecular weight excluding hydrogens is 523 g/mol. The molecule has 1 aliphatic heterocycles. The molecular formula is C27H29Cl3N2O2S. The van der Waals surface area contributed by atoms with Gasteiger partial charge in [-0.2, -0.15) is 0 Å². The predicted octanol–water partition coefficient (Wildman–Crippen LogP) is 6.85. The van der Waals surface area contributed by atoms with Gasteiger partial charge in [-0.3, -0.25) is 9.21 Å². The first kappa shape index (κ1) is 26.3. The van der Waals surface area contributed by atoms with Crippen molar-refractivity contribution in [2.45, 2.75) is 43.5 Å². The molecule has 0 amide bonds. The highest BCUT2D eigenvalue weighted by atomic mass is 35.5. The number of hydrogen-bond acceptors (Lipinski definition) is 3. The van der Waals surface area contributed by atoms with Gasteiger partial charge < -0.3 is 0 Å². The third kappa shape index (κ3) is 5.21. The van der Waals surface area contributed by atoms with Crippen LogP contribution in [0.5, 0.6) is 0 Å². The van der Waals surface area contributed by atoms with Crippen molar-refractivity contribution in [2.24, 2.45) is 0 Å². The first-order valence-corrected chi connectivity index (χ1v) is 13.9. The lowest BCUT2D eigenvalue weighted by Gasteiger charge is -2.35. The zero-order chi connectivity index (χ0) is 23.9. The Bertz CT molecular complexity index is 1330. The number of halogens is 3. The molecule has 3 aromatic carbocycles. The Morgan fingerprint density at radius 3 is 2.51 bits per heavy atom. The van der Waals surface area contributed by atoms with Gasteiger partial charge in [0, 0.05) is 30.7 Å². The Hall–Kier alpha value is -1.76. The van der Waals surface area contributed by atoms with Crippen LogP contribution < -0.4 is 4.31 Å². The number of benzene rings is 3. The van der Waals surface area contributed by atoms with Gasteiger partial charge >= 0.3 is 0 Å². The van der Waals surface area contributed by atoms with Crippen molar-refractivity contribution < 1.29 is 8.42 Å². The first-order chi connectivity index (χ1) is 16.3. The van der Waals surface area contributed by atoms with Crippen molar-refractivity contribution in [3.8, 4) is 0 Å². The van der Waals surface area contributed by atoms with Crippen LogP contribution in [-0.4, -0.2) is 33.0 Å². The average molecular weight is 552 g/mol. The number of sulfonamides is 1. The van der Waals surface area contributed by atoms with Crippen LogP contribution in [0.3, 0.4) is 0 Å². The largest absolute Gasteiger partial charge is 0.296 e. The molecule has 0 fully saturated rings. The quantitative estimate of drug-likeness (QED) is 0.322. The minimum Gasteiger partial charge on any atom is -0.296 e. The Balaban J connectivity index is 0.00000289. The third-order valence-electron chi connectivity index (χ3n) is 6.97. The van der Waals surface area contributed by atoms with Crippen molar-refractivity contribution in [1.82, 2.24) is 4.90 Å². The molecule has 4 nitrogen and oxygen atoms in total. The van der Waals surface area contributed by atoms with Gasteiger partial charge in [0.15, 0.2) is 0 Å².